The summed E-state index contributed by atoms with van der Waals surface area (Å²) < 4.78 is 1.18. The van der Waals surface area contributed by atoms with Crippen LogP contribution in [0.1, 0.15) is 35.6 Å². The lowest BCUT2D eigenvalue weighted by Gasteiger charge is -2.23. The van der Waals surface area contributed by atoms with Gasteiger partial charge in [-0.15, -0.1) is 0 Å². The minimum atomic E-state index is 0.251. The zero-order valence-electron chi connectivity index (χ0n) is 7.81. The van der Waals surface area contributed by atoms with Crippen molar-refractivity contribution in [1.82, 2.24) is 0 Å². The lowest BCUT2D eigenvalue weighted by atomic mass is 9.87. The Morgan fingerprint density at radius 3 is 3.00 bits per heavy atom. The Kier molecular flexibility index (Phi) is 2.43. The molecule has 0 aromatic heterocycles. The molecule has 0 heterocycles. The van der Waals surface area contributed by atoms with Crippen molar-refractivity contribution in [3.05, 3.63) is 33.3 Å². The molecule has 1 atom stereocenters. The highest BCUT2D eigenvalue weighted by Gasteiger charge is 2.17. The standard InChI is InChI=1S/C11H14BrN/c1-7-5-8-3-2-4-11(13)9(8)6-10(7)12/h5-6,11H,2-4,13H2,1H3/t11-/m0/s1. The number of rotatable bonds is 0. The lowest BCUT2D eigenvalue weighted by molar-refractivity contribution is 0.570. The fourth-order valence-electron chi connectivity index (χ4n) is 1.99. The largest absolute Gasteiger partial charge is 0.324 e. The van der Waals surface area contributed by atoms with Crippen LogP contribution in [-0.4, -0.2) is 0 Å². The van der Waals surface area contributed by atoms with E-state index in [9.17, 15) is 0 Å². The van der Waals surface area contributed by atoms with Gasteiger partial charge in [-0.05, 0) is 48.9 Å². The van der Waals surface area contributed by atoms with E-state index in [1.165, 1.54) is 34.0 Å². The van der Waals surface area contributed by atoms with Crippen LogP contribution in [0.3, 0.4) is 0 Å². The molecular weight excluding hydrogens is 226 g/mol. The molecule has 0 amide bonds. The fourth-order valence-corrected chi connectivity index (χ4v) is 2.35. The van der Waals surface area contributed by atoms with E-state index >= 15 is 0 Å². The minimum absolute atomic E-state index is 0.251. The predicted molar refractivity (Wildman–Crippen MR) is 58.7 cm³/mol. The van der Waals surface area contributed by atoms with E-state index < -0.39 is 0 Å². The molecule has 0 bridgehead atoms. The summed E-state index contributed by atoms with van der Waals surface area (Å²) >= 11 is 3.55. The van der Waals surface area contributed by atoms with Gasteiger partial charge in [-0.2, -0.15) is 0 Å². The SMILES string of the molecule is Cc1cc2c(cc1Br)[C@@H](N)CCC2. The molecule has 1 aromatic rings. The Morgan fingerprint density at radius 2 is 2.23 bits per heavy atom. The number of hydrogen-bond donors (Lipinski definition) is 1. The maximum Gasteiger partial charge on any atom is 0.0298 e. The van der Waals surface area contributed by atoms with E-state index in [0.717, 1.165) is 6.42 Å². The van der Waals surface area contributed by atoms with Crippen molar-refractivity contribution in [1.29, 1.82) is 0 Å². The first-order valence-electron chi connectivity index (χ1n) is 4.73. The summed E-state index contributed by atoms with van der Waals surface area (Å²) in [5.74, 6) is 0. The lowest BCUT2D eigenvalue weighted by Crippen LogP contribution is -2.17. The van der Waals surface area contributed by atoms with Crippen molar-refractivity contribution in [2.45, 2.75) is 32.2 Å². The van der Waals surface area contributed by atoms with Crippen molar-refractivity contribution in [3.63, 3.8) is 0 Å². The van der Waals surface area contributed by atoms with E-state index in [-0.39, 0.29) is 6.04 Å². The monoisotopic (exact) mass is 239 g/mol. The van der Waals surface area contributed by atoms with Crippen molar-refractivity contribution < 1.29 is 0 Å². The average Bonchev–Trinajstić information content (AvgIpc) is 2.09. The summed E-state index contributed by atoms with van der Waals surface area (Å²) in [7, 11) is 0. The zero-order valence-corrected chi connectivity index (χ0v) is 9.39. The summed E-state index contributed by atoms with van der Waals surface area (Å²) in [5, 5.41) is 0. The molecule has 1 aliphatic carbocycles. The highest BCUT2D eigenvalue weighted by Crippen LogP contribution is 2.31. The molecule has 2 heteroatoms. The van der Waals surface area contributed by atoms with E-state index in [0.29, 0.717) is 0 Å². The van der Waals surface area contributed by atoms with Crippen molar-refractivity contribution in [2.24, 2.45) is 5.73 Å². The predicted octanol–water partition coefficient (Wildman–Crippen LogP) is 3.09. The molecule has 0 radical (unpaired) electrons. The summed E-state index contributed by atoms with van der Waals surface area (Å²) in [6.45, 7) is 2.13. The van der Waals surface area contributed by atoms with E-state index in [4.69, 9.17) is 5.73 Å². The maximum absolute atomic E-state index is 6.04. The molecule has 0 aliphatic heterocycles. The second-order valence-electron chi connectivity index (χ2n) is 3.80. The molecule has 70 valence electrons. The normalized spacial score (nSPS) is 21.3. The smallest absolute Gasteiger partial charge is 0.0298 e. The van der Waals surface area contributed by atoms with Crippen LogP contribution in [0.2, 0.25) is 0 Å². The Bertz CT molecular complexity index is 333. The molecule has 0 spiro atoms. The molecule has 0 saturated carbocycles. The topological polar surface area (TPSA) is 26.0 Å². The number of nitrogens with two attached hydrogens (primary N) is 1. The Hall–Kier alpha value is -0.340. The van der Waals surface area contributed by atoms with E-state index in [1.54, 1.807) is 0 Å². The van der Waals surface area contributed by atoms with Crippen LogP contribution < -0.4 is 5.73 Å². The van der Waals surface area contributed by atoms with Crippen LogP contribution in [0.4, 0.5) is 0 Å². The molecule has 0 unspecified atom stereocenters. The molecule has 1 aliphatic rings. The summed E-state index contributed by atoms with van der Waals surface area (Å²) in [6.07, 6.45) is 3.55. The van der Waals surface area contributed by atoms with Crippen LogP contribution in [-0.2, 0) is 6.42 Å². The van der Waals surface area contributed by atoms with Gasteiger partial charge >= 0.3 is 0 Å². The van der Waals surface area contributed by atoms with Gasteiger partial charge in [0.2, 0.25) is 0 Å². The van der Waals surface area contributed by atoms with Crippen LogP contribution >= 0.6 is 15.9 Å². The second kappa shape index (κ2) is 3.43. The van der Waals surface area contributed by atoms with Gasteiger partial charge in [0.1, 0.15) is 0 Å². The van der Waals surface area contributed by atoms with Gasteiger partial charge < -0.3 is 5.73 Å². The van der Waals surface area contributed by atoms with Crippen molar-refractivity contribution in [3.8, 4) is 0 Å². The maximum atomic E-state index is 6.04. The highest BCUT2D eigenvalue weighted by molar-refractivity contribution is 9.10. The van der Waals surface area contributed by atoms with E-state index in [1.807, 2.05) is 0 Å². The number of aryl methyl sites for hydroxylation is 2. The molecule has 1 aromatic carbocycles. The third-order valence-electron chi connectivity index (χ3n) is 2.78. The van der Waals surface area contributed by atoms with Crippen LogP contribution in [0, 0.1) is 6.92 Å². The molecule has 2 rings (SSSR count). The molecule has 0 fully saturated rings. The zero-order chi connectivity index (χ0) is 9.42. The number of hydrogen-bond acceptors (Lipinski definition) is 1. The van der Waals surface area contributed by atoms with Gasteiger partial charge in [-0.3, -0.25) is 0 Å². The van der Waals surface area contributed by atoms with Gasteiger partial charge in [-0.25, -0.2) is 0 Å². The third kappa shape index (κ3) is 1.65. The summed E-state index contributed by atoms with van der Waals surface area (Å²) in [5.41, 5.74) is 10.1. The summed E-state index contributed by atoms with van der Waals surface area (Å²) in [4.78, 5) is 0. The molecule has 2 N–H and O–H groups in total. The van der Waals surface area contributed by atoms with Crippen LogP contribution in [0.15, 0.2) is 16.6 Å². The third-order valence-corrected chi connectivity index (χ3v) is 3.64. The van der Waals surface area contributed by atoms with Crippen molar-refractivity contribution >= 4 is 15.9 Å². The van der Waals surface area contributed by atoms with Gasteiger partial charge in [0.15, 0.2) is 0 Å². The molecule has 1 nitrogen and oxygen atoms in total. The quantitative estimate of drug-likeness (QED) is 0.740. The van der Waals surface area contributed by atoms with E-state index in [2.05, 4.69) is 35.0 Å². The Labute approximate surface area is 87.5 Å². The highest BCUT2D eigenvalue weighted by atomic mass is 79.9. The van der Waals surface area contributed by atoms with Gasteiger partial charge in [-0.1, -0.05) is 22.0 Å². The number of benzene rings is 1. The number of fused-ring (bicyclic) bond motifs is 1. The minimum Gasteiger partial charge on any atom is -0.324 e. The number of halogens is 1. The van der Waals surface area contributed by atoms with Crippen LogP contribution in [0.25, 0.3) is 0 Å². The average molecular weight is 240 g/mol. The fraction of sp³-hybridized carbons (Fsp3) is 0.455. The molecular formula is C11H14BrN. The first-order valence-corrected chi connectivity index (χ1v) is 5.52. The van der Waals surface area contributed by atoms with Gasteiger partial charge in [0, 0.05) is 10.5 Å². The molecule has 13 heavy (non-hydrogen) atoms. The second-order valence-corrected chi connectivity index (χ2v) is 4.65. The summed E-state index contributed by atoms with van der Waals surface area (Å²) in [6, 6.07) is 4.70. The van der Waals surface area contributed by atoms with Gasteiger partial charge in [0.05, 0.1) is 0 Å². The van der Waals surface area contributed by atoms with Gasteiger partial charge in [0.25, 0.3) is 0 Å². The first-order chi connectivity index (χ1) is 6.18. The Morgan fingerprint density at radius 1 is 1.46 bits per heavy atom. The Balaban J connectivity index is 2.52. The first kappa shape index (κ1) is 9.22. The van der Waals surface area contributed by atoms with Crippen molar-refractivity contribution in [2.75, 3.05) is 0 Å². The van der Waals surface area contributed by atoms with Crippen LogP contribution in [0.5, 0.6) is 0 Å². The molecule has 0 saturated heterocycles.